The Labute approximate surface area is 128 Å². The van der Waals surface area contributed by atoms with Gasteiger partial charge in [0.05, 0.1) is 0 Å². The molecule has 3 N–H and O–H groups in total. The van der Waals surface area contributed by atoms with Crippen LogP contribution in [-0.2, 0) is 4.79 Å². The first-order chi connectivity index (χ1) is 10.6. The number of rotatable bonds is 3. The second-order valence-corrected chi connectivity index (χ2v) is 5.73. The van der Waals surface area contributed by atoms with E-state index in [1.807, 2.05) is 0 Å². The molecule has 0 bridgehead atoms. The van der Waals surface area contributed by atoms with Gasteiger partial charge in [-0.15, -0.1) is 0 Å². The summed E-state index contributed by atoms with van der Waals surface area (Å²) in [6, 6.07) is 6.41. The first-order valence-corrected chi connectivity index (χ1v) is 7.49. The van der Waals surface area contributed by atoms with Gasteiger partial charge in [-0.25, -0.2) is 9.07 Å². The Morgan fingerprint density at radius 3 is 2.95 bits per heavy atom. The van der Waals surface area contributed by atoms with E-state index in [-0.39, 0.29) is 17.9 Å². The summed E-state index contributed by atoms with van der Waals surface area (Å²) in [4.78, 5) is 12.2. The summed E-state index contributed by atoms with van der Waals surface area (Å²) in [5.41, 5.74) is 6.71. The Morgan fingerprint density at radius 1 is 1.41 bits per heavy atom. The average Bonchev–Trinajstić information content (AvgIpc) is 3.01. The zero-order valence-electron chi connectivity index (χ0n) is 12.2. The number of hydrogen-bond acceptors (Lipinski definition) is 3. The summed E-state index contributed by atoms with van der Waals surface area (Å²) in [5, 5.41) is 6.78. The minimum absolute atomic E-state index is 0.0820. The summed E-state index contributed by atoms with van der Waals surface area (Å²) in [7, 11) is 0. The van der Waals surface area contributed by atoms with E-state index in [0.717, 1.165) is 19.3 Å². The Bertz CT molecular complexity index is 656. The van der Waals surface area contributed by atoms with Crippen LogP contribution in [0.25, 0.3) is 5.69 Å². The second-order valence-electron chi connectivity index (χ2n) is 5.73. The molecule has 0 aliphatic heterocycles. The number of nitrogens with zero attached hydrogens (tertiary/aromatic N) is 2. The smallest absolute Gasteiger partial charge is 0.227 e. The maximum atomic E-state index is 14.1. The van der Waals surface area contributed by atoms with E-state index in [2.05, 4.69) is 10.4 Å². The van der Waals surface area contributed by atoms with Crippen molar-refractivity contribution in [1.82, 2.24) is 9.78 Å². The van der Waals surface area contributed by atoms with Crippen molar-refractivity contribution in [2.45, 2.75) is 31.7 Å². The number of benzene rings is 1. The standard InChI is InChI=1S/C16H19FN4O/c17-14-10-13(5-6-15(14)21-8-2-7-19-21)20-16(22)11-3-1-4-12(18)9-11/h2,5-8,10-12H,1,3-4,9,18H2,(H,20,22). The maximum absolute atomic E-state index is 14.1. The summed E-state index contributed by atoms with van der Waals surface area (Å²) in [5.74, 6) is -0.596. The van der Waals surface area contributed by atoms with Crippen LogP contribution in [0.15, 0.2) is 36.7 Å². The fourth-order valence-corrected chi connectivity index (χ4v) is 2.89. The van der Waals surface area contributed by atoms with Crippen molar-refractivity contribution in [3.63, 3.8) is 0 Å². The zero-order valence-corrected chi connectivity index (χ0v) is 12.2. The van der Waals surface area contributed by atoms with Crippen LogP contribution in [0.4, 0.5) is 10.1 Å². The lowest BCUT2D eigenvalue weighted by Gasteiger charge is -2.25. The Balaban J connectivity index is 1.70. The Kier molecular flexibility index (Phi) is 4.20. The van der Waals surface area contributed by atoms with Gasteiger partial charge in [-0.1, -0.05) is 6.42 Å². The van der Waals surface area contributed by atoms with Gasteiger partial charge in [0.2, 0.25) is 5.91 Å². The second kappa shape index (κ2) is 6.27. The number of carbonyl (C=O) groups is 1. The van der Waals surface area contributed by atoms with Crippen LogP contribution in [0.2, 0.25) is 0 Å². The van der Waals surface area contributed by atoms with Crippen molar-refractivity contribution in [1.29, 1.82) is 0 Å². The third-order valence-electron chi connectivity index (χ3n) is 4.05. The number of hydrogen-bond donors (Lipinski definition) is 2. The van der Waals surface area contributed by atoms with Gasteiger partial charge < -0.3 is 11.1 Å². The molecule has 0 saturated heterocycles. The molecular weight excluding hydrogens is 283 g/mol. The van der Waals surface area contributed by atoms with Gasteiger partial charge in [0.25, 0.3) is 0 Å². The van der Waals surface area contributed by atoms with Crippen LogP contribution in [0.3, 0.4) is 0 Å². The SMILES string of the molecule is NC1CCCC(C(=O)Nc2ccc(-n3cccn3)c(F)c2)C1. The van der Waals surface area contributed by atoms with Crippen LogP contribution in [0.5, 0.6) is 0 Å². The van der Waals surface area contributed by atoms with E-state index < -0.39 is 5.82 Å². The summed E-state index contributed by atoms with van der Waals surface area (Å²) in [6.45, 7) is 0. The largest absolute Gasteiger partial charge is 0.328 e. The molecule has 22 heavy (non-hydrogen) atoms. The molecular formula is C16H19FN4O. The molecule has 1 aromatic carbocycles. The van der Waals surface area contributed by atoms with E-state index in [9.17, 15) is 9.18 Å². The quantitative estimate of drug-likeness (QED) is 0.914. The molecule has 2 aromatic rings. The normalized spacial score (nSPS) is 21.5. The zero-order chi connectivity index (χ0) is 15.5. The van der Waals surface area contributed by atoms with E-state index in [4.69, 9.17) is 5.73 Å². The maximum Gasteiger partial charge on any atom is 0.227 e. The van der Waals surface area contributed by atoms with Crippen LogP contribution in [0.1, 0.15) is 25.7 Å². The number of nitrogens with one attached hydrogen (secondary N) is 1. The molecule has 1 saturated carbocycles. The number of anilines is 1. The lowest BCUT2D eigenvalue weighted by molar-refractivity contribution is -0.120. The molecule has 0 radical (unpaired) electrons. The summed E-state index contributed by atoms with van der Waals surface area (Å²) in [6.07, 6.45) is 6.72. The highest BCUT2D eigenvalue weighted by Crippen LogP contribution is 2.25. The highest BCUT2D eigenvalue weighted by Gasteiger charge is 2.25. The molecule has 2 unspecified atom stereocenters. The Morgan fingerprint density at radius 2 is 2.27 bits per heavy atom. The van der Waals surface area contributed by atoms with Gasteiger partial charge in [0, 0.05) is 30.0 Å². The van der Waals surface area contributed by atoms with Crippen LogP contribution in [0, 0.1) is 11.7 Å². The van der Waals surface area contributed by atoms with E-state index in [0.29, 0.717) is 17.8 Å². The van der Waals surface area contributed by atoms with Crippen molar-refractivity contribution < 1.29 is 9.18 Å². The minimum atomic E-state index is -0.429. The lowest BCUT2D eigenvalue weighted by atomic mass is 9.85. The molecule has 1 aliphatic rings. The third-order valence-corrected chi connectivity index (χ3v) is 4.05. The molecule has 1 fully saturated rings. The van der Waals surface area contributed by atoms with E-state index >= 15 is 0 Å². The number of carbonyl (C=O) groups excluding carboxylic acids is 1. The molecule has 0 spiro atoms. The van der Waals surface area contributed by atoms with Crippen LogP contribution >= 0.6 is 0 Å². The molecule has 1 heterocycles. The number of nitrogens with two attached hydrogens (primary N) is 1. The van der Waals surface area contributed by atoms with Gasteiger partial charge in [-0.2, -0.15) is 5.10 Å². The van der Waals surface area contributed by atoms with Gasteiger partial charge in [0.15, 0.2) is 5.82 Å². The molecule has 2 atom stereocenters. The predicted octanol–water partition coefficient (Wildman–Crippen LogP) is 2.47. The monoisotopic (exact) mass is 302 g/mol. The number of amides is 1. The van der Waals surface area contributed by atoms with Gasteiger partial charge >= 0.3 is 0 Å². The van der Waals surface area contributed by atoms with Crippen molar-refractivity contribution >= 4 is 11.6 Å². The highest BCUT2D eigenvalue weighted by atomic mass is 19.1. The van der Waals surface area contributed by atoms with E-state index in [1.54, 1.807) is 30.6 Å². The molecule has 1 amide bonds. The topological polar surface area (TPSA) is 72.9 Å². The Hall–Kier alpha value is -2.21. The fourth-order valence-electron chi connectivity index (χ4n) is 2.89. The first kappa shape index (κ1) is 14.7. The highest BCUT2D eigenvalue weighted by molar-refractivity contribution is 5.92. The van der Waals surface area contributed by atoms with Crippen molar-refractivity contribution in [2.75, 3.05) is 5.32 Å². The van der Waals surface area contributed by atoms with Crippen LogP contribution in [-0.4, -0.2) is 21.7 Å². The third kappa shape index (κ3) is 3.17. The molecule has 116 valence electrons. The van der Waals surface area contributed by atoms with Crippen molar-refractivity contribution in [3.8, 4) is 5.69 Å². The number of aromatic nitrogens is 2. The van der Waals surface area contributed by atoms with Crippen molar-refractivity contribution in [3.05, 3.63) is 42.5 Å². The first-order valence-electron chi connectivity index (χ1n) is 7.49. The average molecular weight is 302 g/mol. The summed E-state index contributed by atoms with van der Waals surface area (Å²) < 4.78 is 15.6. The predicted molar refractivity (Wildman–Crippen MR) is 82.1 cm³/mol. The van der Waals surface area contributed by atoms with Gasteiger partial charge in [-0.3, -0.25) is 4.79 Å². The molecule has 1 aromatic heterocycles. The summed E-state index contributed by atoms with van der Waals surface area (Å²) >= 11 is 0. The fraction of sp³-hybridized carbons (Fsp3) is 0.375. The molecule has 5 nitrogen and oxygen atoms in total. The van der Waals surface area contributed by atoms with Gasteiger partial charge in [0.1, 0.15) is 5.69 Å². The van der Waals surface area contributed by atoms with Gasteiger partial charge in [-0.05, 0) is 43.5 Å². The lowest BCUT2D eigenvalue weighted by Crippen LogP contribution is -2.34. The van der Waals surface area contributed by atoms with E-state index in [1.165, 1.54) is 10.7 Å². The minimum Gasteiger partial charge on any atom is -0.328 e. The molecule has 6 heteroatoms. The molecule has 1 aliphatic carbocycles. The van der Waals surface area contributed by atoms with Crippen molar-refractivity contribution in [2.24, 2.45) is 11.7 Å². The number of halogens is 1. The van der Waals surface area contributed by atoms with Crippen LogP contribution < -0.4 is 11.1 Å². The molecule has 3 rings (SSSR count).